The first-order valence-corrected chi connectivity index (χ1v) is 10.5. The van der Waals surface area contributed by atoms with Crippen LogP contribution in [0.25, 0.3) is 0 Å². The molecule has 0 saturated carbocycles. The Hall–Kier alpha value is -2.81. The molecule has 0 bridgehead atoms. The zero-order valence-electron chi connectivity index (χ0n) is 17.6. The first-order chi connectivity index (χ1) is 14.5. The van der Waals surface area contributed by atoms with Crippen LogP contribution < -0.4 is 25.4 Å². The van der Waals surface area contributed by atoms with E-state index in [1.54, 1.807) is 6.07 Å². The third-order valence-corrected chi connectivity index (χ3v) is 5.06. The molecule has 2 aliphatic rings. The second-order valence-corrected chi connectivity index (χ2v) is 7.57. The fourth-order valence-electron chi connectivity index (χ4n) is 3.77. The third kappa shape index (κ3) is 5.63. The Morgan fingerprint density at radius 3 is 2.40 bits per heavy atom. The lowest BCUT2D eigenvalue weighted by Gasteiger charge is -2.26. The number of fused-ring (bicyclic) bond motifs is 1. The number of ether oxygens (including phenoxy) is 2. The van der Waals surface area contributed by atoms with Crippen molar-refractivity contribution in [3.8, 4) is 11.5 Å². The lowest BCUT2D eigenvalue weighted by molar-refractivity contribution is -0.115. The maximum absolute atomic E-state index is 13.1. The smallest absolute Gasteiger partial charge is 0.257 e. The van der Waals surface area contributed by atoms with Gasteiger partial charge in [0.2, 0.25) is 11.8 Å². The number of benzene rings is 1. The summed E-state index contributed by atoms with van der Waals surface area (Å²) in [6, 6.07) is 1.56. The highest BCUT2D eigenvalue weighted by Crippen LogP contribution is 2.43. The number of anilines is 2. The summed E-state index contributed by atoms with van der Waals surface area (Å²) in [5.41, 5.74) is 0.653. The van der Waals surface area contributed by atoms with E-state index in [-0.39, 0.29) is 34.7 Å². The fourth-order valence-corrected chi connectivity index (χ4v) is 3.77. The number of piperidine rings is 1. The fraction of sp³-hybridized carbons (Fsp3) is 0.571. The van der Waals surface area contributed by atoms with Gasteiger partial charge in [-0.1, -0.05) is 6.42 Å². The van der Waals surface area contributed by atoms with Crippen LogP contribution in [0.4, 0.5) is 11.4 Å². The van der Waals surface area contributed by atoms with Crippen LogP contribution in [0.1, 0.15) is 49.9 Å². The molecule has 0 aliphatic carbocycles. The Labute approximate surface area is 176 Å². The van der Waals surface area contributed by atoms with Crippen LogP contribution in [0.5, 0.6) is 11.5 Å². The summed E-state index contributed by atoms with van der Waals surface area (Å²) in [5.74, 6) is -0.444. The minimum atomic E-state index is -0.383. The molecule has 0 aromatic heterocycles. The average Bonchev–Trinajstić information content (AvgIpc) is 2.71. The van der Waals surface area contributed by atoms with Gasteiger partial charge in [0.25, 0.3) is 5.91 Å². The highest BCUT2D eigenvalue weighted by Gasteiger charge is 2.28. The summed E-state index contributed by atoms with van der Waals surface area (Å²) in [4.78, 5) is 39.0. The molecule has 30 heavy (non-hydrogen) atoms. The second-order valence-electron chi connectivity index (χ2n) is 7.57. The summed E-state index contributed by atoms with van der Waals surface area (Å²) in [6.45, 7) is 6.97. The van der Waals surface area contributed by atoms with Crippen molar-refractivity contribution in [3.63, 3.8) is 0 Å². The SMILES string of the molecule is CC(=O)Nc1cc2c(c(C(=O)NCCCN3CCCCC3)c1NC(C)=O)OCCO2. The van der Waals surface area contributed by atoms with Gasteiger partial charge in [-0.2, -0.15) is 0 Å². The summed E-state index contributed by atoms with van der Waals surface area (Å²) in [5, 5.41) is 8.24. The van der Waals surface area contributed by atoms with Gasteiger partial charge >= 0.3 is 0 Å². The van der Waals surface area contributed by atoms with E-state index in [1.165, 1.54) is 33.1 Å². The molecule has 9 nitrogen and oxygen atoms in total. The van der Waals surface area contributed by atoms with E-state index in [4.69, 9.17) is 9.47 Å². The molecule has 3 rings (SSSR count). The summed E-state index contributed by atoms with van der Waals surface area (Å²) in [7, 11) is 0. The third-order valence-electron chi connectivity index (χ3n) is 5.06. The molecule has 1 aromatic rings. The van der Waals surface area contributed by atoms with Crippen molar-refractivity contribution in [2.75, 3.05) is 50.0 Å². The van der Waals surface area contributed by atoms with Crippen LogP contribution in [0.2, 0.25) is 0 Å². The second kappa shape index (κ2) is 10.3. The zero-order chi connectivity index (χ0) is 21.5. The molecule has 1 aromatic carbocycles. The molecular formula is C21H30N4O5. The number of likely N-dealkylation sites (tertiary alicyclic amines) is 1. The quantitative estimate of drug-likeness (QED) is 0.584. The monoisotopic (exact) mass is 418 g/mol. The lowest BCUT2D eigenvalue weighted by atomic mass is 10.1. The van der Waals surface area contributed by atoms with Gasteiger partial charge in [0.1, 0.15) is 18.8 Å². The number of rotatable bonds is 7. The minimum Gasteiger partial charge on any atom is -0.486 e. The van der Waals surface area contributed by atoms with Crippen molar-refractivity contribution < 1.29 is 23.9 Å². The summed E-state index contributed by atoms with van der Waals surface area (Å²) in [6.07, 6.45) is 4.57. The first-order valence-electron chi connectivity index (χ1n) is 10.5. The standard InChI is InChI=1S/C21H30N4O5/c1-14(26)23-16-13-17-20(30-12-11-29-17)18(19(16)24-15(2)27)21(28)22-7-6-10-25-8-4-3-5-9-25/h13H,3-12H2,1-2H3,(H,22,28)(H,23,26)(H,24,27). The molecule has 3 amide bonds. The van der Waals surface area contributed by atoms with Crippen molar-refractivity contribution in [1.82, 2.24) is 10.2 Å². The van der Waals surface area contributed by atoms with Gasteiger partial charge in [-0.25, -0.2) is 0 Å². The Kier molecular flexibility index (Phi) is 7.51. The number of carbonyl (C=O) groups is 3. The molecule has 1 saturated heterocycles. The van der Waals surface area contributed by atoms with Crippen LogP contribution in [0.3, 0.4) is 0 Å². The van der Waals surface area contributed by atoms with Crippen LogP contribution >= 0.6 is 0 Å². The molecule has 0 unspecified atom stereocenters. The predicted octanol–water partition coefficient (Wildman–Crippen LogP) is 1.98. The van der Waals surface area contributed by atoms with Crippen LogP contribution in [0.15, 0.2) is 6.07 Å². The highest BCUT2D eigenvalue weighted by molar-refractivity contribution is 6.11. The summed E-state index contributed by atoms with van der Waals surface area (Å²) >= 11 is 0. The van der Waals surface area contributed by atoms with E-state index in [2.05, 4.69) is 20.9 Å². The number of nitrogens with zero attached hydrogens (tertiary/aromatic N) is 1. The molecule has 0 spiro atoms. The highest BCUT2D eigenvalue weighted by atomic mass is 16.6. The number of amides is 3. The molecule has 9 heteroatoms. The molecule has 164 valence electrons. The molecular weight excluding hydrogens is 388 g/mol. The van der Waals surface area contributed by atoms with E-state index in [0.717, 1.165) is 26.1 Å². The van der Waals surface area contributed by atoms with Gasteiger partial charge in [0.15, 0.2) is 11.5 Å². The van der Waals surface area contributed by atoms with Crippen molar-refractivity contribution in [2.45, 2.75) is 39.5 Å². The minimum absolute atomic E-state index is 0.157. The van der Waals surface area contributed by atoms with Gasteiger partial charge in [-0.05, 0) is 38.9 Å². The number of hydrogen-bond donors (Lipinski definition) is 3. The van der Waals surface area contributed by atoms with Gasteiger partial charge in [-0.15, -0.1) is 0 Å². The van der Waals surface area contributed by atoms with Crippen molar-refractivity contribution >= 4 is 29.1 Å². The van der Waals surface area contributed by atoms with Gasteiger partial charge < -0.3 is 30.3 Å². The Bertz CT molecular complexity index is 805. The predicted molar refractivity (Wildman–Crippen MR) is 113 cm³/mol. The normalized spacial score (nSPS) is 15.9. The maximum atomic E-state index is 13.1. The van der Waals surface area contributed by atoms with Gasteiger partial charge in [-0.3, -0.25) is 14.4 Å². The number of nitrogens with one attached hydrogen (secondary N) is 3. The molecule has 1 fully saturated rings. The zero-order valence-corrected chi connectivity index (χ0v) is 17.6. The van der Waals surface area contributed by atoms with Crippen molar-refractivity contribution in [1.29, 1.82) is 0 Å². The van der Waals surface area contributed by atoms with Crippen molar-refractivity contribution in [3.05, 3.63) is 11.6 Å². The largest absolute Gasteiger partial charge is 0.486 e. The van der Waals surface area contributed by atoms with E-state index >= 15 is 0 Å². The molecule has 2 heterocycles. The van der Waals surface area contributed by atoms with E-state index in [0.29, 0.717) is 31.2 Å². The average molecular weight is 418 g/mol. The number of hydrogen-bond acceptors (Lipinski definition) is 6. The van der Waals surface area contributed by atoms with Crippen molar-refractivity contribution in [2.24, 2.45) is 0 Å². The number of carbonyl (C=O) groups excluding carboxylic acids is 3. The van der Waals surface area contributed by atoms with Crippen LogP contribution in [-0.2, 0) is 9.59 Å². The van der Waals surface area contributed by atoms with E-state index in [1.807, 2.05) is 0 Å². The van der Waals surface area contributed by atoms with E-state index in [9.17, 15) is 14.4 Å². The van der Waals surface area contributed by atoms with E-state index < -0.39 is 0 Å². The molecule has 0 radical (unpaired) electrons. The first kappa shape index (κ1) is 21.9. The van der Waals surface area contributed by atoms with Crippen LogP contribution in [0, 0.1) is 0 Å². The molecule has 3 N–H and O–H groups in total. The molecule has 2 aliphatic heterocycles. The summed E-state index contributed by atoms with van der Waals surface area (Å²) < 4.78 is 11.3. The van der Waals surface area contributed by atoms with Gasteiger partial charge in [0.05, 0.1) is 11.4 Å². The Morgan fingerprint density at radius 2 is 1.70 bits per heavy atom. The lowest BCUT2D eigenvalue weighted by Crippen LogP contribution is -2.34. The van der Waals surface area contributed by atoms with Crippen LogP contribution in [-0.4, -0.2) is 62.0 Å². The van der Waals surface area contributed by atoms with Gasteiger partial charge in [0, 0.05) is 26.5 Å². The molecule has 0 atom stereocenters. The Balaban J connectivity index is 1.79. The Morgan fingerprint density at radius 1 is 1.00 bits per heavy atom. The maximum Gasteiger partial charge on any atom is 0.257 e. The topological polar surface area (TPSA) is 109 Å².